The molecule has 3 heterocycles. The maximum absolute atomic E-state index is 12.9. The minimum atomic E-state index is -4.83. The van der Waals surface area contributed by atoms with Crippen LogP contribution in [0, 0.1) is 0 Å². The SMILES string of the molecule is CC1(c2ccc(OC(F)(F)F)cc2)NC(=O)N(Cc2nc(-c3ccsc3)no2)C1=O. The van der Waals surface area contributed by atoms with Gasteiger partial charge in [-0.2, -0.15) is 16.3 Å². The maximum Gasteiger partial charge on any atom is 0.573 e. The lowest BCUT2D eigenvalue weighted by atomic mass is 9.92. The van der Waals surface area contributed by atoms with E-state index >= 15 is 0 Å². The molecule has 0 bridgehead atoms. The molecule has 156 valence electrons. The highest BCUT2D eigenvalue weighted by Gasteiger charge is 2.49. The number of hydrogen-bond acceptors (Lipinski definition) is 7. The maximum atomic E-state index is 12.9. The van der Waals surface area contributed by atoms with Crippen molar-refractivity contribution in [2.75, 3.05) is 0 Å². The van der Waals surface area contributed by atoms with Crippen LogP contribution in [0.15, 0.2) is 45.6 Å². The van der Waals surface area contributed by atoms with Crippen LogP contribution in [-0.4, -0.2) is 33.3 Å². The number of carbonyl (C=O) groups excluding carboxylic acids is 2. The van der Waals surface area contributed by atoms with Gasteiger partial charge in [0.1, 0.15) is 17.8 Å². The van der Waals surface area contributed by atoms with Crippen LogP contribution in [0.3, 0.4) is 0 Å². The van der Waals surface area contributed by atoms with Gasteiger partial charge in [0.15, 0.2) is 0 Å². The number of alkyl halides is 3. The summed E-state index contributed by atoms with van der Waals surface area (Å²) in [6.07, 6.45) is -4.83. The molecule has 1 fully saturated rings. The number of rotatable bonds is 5. The number of benzene rings is 1. The third-order valence-corrected chi connectivity index (χ3v) is 5.16. The van der Waals surface area contributed by atoms with Crippen molar-refractivity contribution < 1.29 is 32.0 Å². The zero-order valence-electron chi connectivity index (χ0n) is 15.3. The topological polar surface area (TPSA) is 97.6 Å². The second-order valence-electron chi connectivity index (χ2n) is 6.54. The fourth-order valence-corrected chi connectivity index (χ4v) is 3.62. The Balaban J connectivity index is 1.52. The molecule has 3 amide bonds. The van der Waals surface area contributed by atoms with E-state index in [-0.39, 0.29) is 12.4 Å². The summed E-state index contributed by atoms with van der Waals surface area (Å²) in [6, 6.07) is 5.82. The molecule has 1 aliphatic rings. The molecule has 8 nitrogen and oxygen atoms in total. The zero-order chi connectivity index (χ0) is 21.5. The highest BCUT2D eigenvalue weighted by atomic mass is 32.1. The average Bonchev–Trinajstić information content (AvgIpc) is 3.39. The van der Waals surface area contributed by atoms with E-state index in [4.69, 9.17) is 4.52 Å². The number of thiophene rings is 1. The Hall–Kier alpha value is -3.41. The normalized spacial score (nSPS) is 19.3. The summed E-state index contributed by atoms with van der Waals surface area (Å²) in [5, 5.41) is 10.1. The number of nitrogens with zero attached hydrogens (tertiary/aromatic N) is 3. The number of hydrogen-bond donors (Lipinski definition) is 1. The van der Waals surface area contributed by atoms with Crippen molar-refractivity contribution in [1.29, 1.82) is 0 Å². The number of amides is 3. The third-order valence-electron chi connectivity index (χ3n) is 4.48. The van der Waals surface area contributed by atoms with E-state index in [1.165, 1.54) is 30.4 Å². The first-order chi connectivity index (χ1) is 14.2. The lowest BCUT2D eigenvalue weighted by Gasteiger charge is -2.22. The first kappa shape index (κ1) is 19.9. The van der Waals surface area contributed by atoms with Gasteiger partial charge in [0.25, 0.3) is 5.91 Å². The van der Waals surface area contributed by atoms with Crippen molar-refractivity contribution in [3.8, 4) is 17.1 Å². The zero-order valence-corrected chi connectivity index (χ0v) is 16.1. The van der Waals surface area contributed by atoms with Crippen molar-refractivity contribution in [3.05, 3.63) is 52.5 Å². The largest absolute Gasteiger partial charge is 0.573 e. The molecule has 4 rings (SSSR count). The van der Waals surface area contributed by atoms with Gasteiger partial charge in [-0.3, -0.25) is 9.69 Å². The van der Waals surface area contributed by atoms with Crippen LogP contribution in [0.1, 0.15) is 18.4 Å². The summed E-state index contributed by atoms with van der Waals surface area (Å²) in [5.74, 6) is -0.637. The minimum absolute atomic E-state index is 0.0675. The minimum Gasteiger partial charge on any atom is -0.406 e. The van der Waals surface area contributed by atoms with E-state index in [1.54, 1.807) is 6.07 Å². The number of aromatic nitrogens is 2. The molecule has 3 aromatic rings. The van der Waals surface area contributed by atoms with E-state index in [0.29, 0.717) is 11.4 Å². The Bertz CT molecular complexity index is 1080. The fraction of sp³-hybridized carbons (Fsp3) is 0.222. The molecule has 12 heteroatoms. The number of urea groups is 1. The van der Waals surface area contributed by atoms with Gasteiger partial charge >= 0.3 is 12.4 Å². The third kappa shape index (κ3) is 3.73. The number of carbonyl (C=O) groups is 2. The molecular formula is C18H13F3N4O4S. The van der Waals surface area contributed by atoms with Crippen LogP contribution in [-0.2, 0) is 16.9 Å². The van der Waals surface area contributed by atoms with Crippen LogP contribution in [0.4, 0.5) is 18.0 Å². The molecule has 30 heavy (non-hydrogen) atoms. The molecule has 1 N–H and O–H groups in total. The predicted molar refractivity (Wildman–Crippen MR) is 97.2 cm³/mol. The standard InChI is InChI=1S/C18H13F3N4O4S/c1-17(11-2-4-12(5-3-11)28-18(19,20)21)15(26)25(16(27)23-17)8-13-22-14(24-29-13)10-6-7-30-9-10/h2-7,9H,8H2,1H3,(H,23,27). The van der Waals surface area contributed by atoms with Crippen molar-refractivity contribution in [2.45, 2.75) is 25.4 Å². The van der Waals surface area contributed by atoms with Gasteiger partial charge in [-0.15, -0.1) is 13.2 Å². The summed E-state index contributed by atoms with van der Waals surface area (Å²) < 4.78 is 45.9. The predicted octanol–water partition coefficient (Wildman–Crippen LogP) is 3.66. The summed E-state index contributed by atoms with van der Waals surface area (Å²) in [4.78, 5) is 30.4. The van der Waals surface area contributed by atoms with Gasteiger partial charge in [-0.05, 0) is 36.1 Å². The van der Waals surface area contributed by atoms with Gasteiger partial charge in [0.05, 0.1) is 0 Å². The highest BCUT2D eigenvalue weighted by Crippen LogP contribution is 2.32. The van der Waals surface area contributed by atoms with Crippen LogP contribution in [0.25, 0.3) is 11.4 Å². The van der Waals surface area contributed by atoms with Gasteiger partial charge in [-0.25, -0.2) is 4.79 Å². The summed E-state index contributed by atoms with van der Waals surface area (Å²) in [6.45, 7) is 1.21. The molecule has 0 saturated carbocycles. The molecule has 2 aromatic heterocycles. The van der Waals surface area contributed by atoms with Gasteiger partial charge in [-0.1, -0.05) is 17.3 Å². The average molecular weight is 438 g/mol. The Morgan fingerprint density at radius 1 is 1.23 bits per heavy atom. The number of ether oxygens (including phenoxy) is 1. The first-order valence-corrected chi connectivity index (χ1v) is 9.45. The van der Waals surface area contributed by atoms with Gasteiger partial charge < -0.3 is 14.6 Å². The summed E-state index contributed by atoms with van der Waals surface area (Å²) in [7, 11) is 0. The van der Waals surface area contributed by atoms with Crippen molar-refractivity contribution in [3.63, 3.8) is 0 Å². The number of halogens is 3. The molecule has 1 atom stereocenters. The number of nitrogens with one attached hydrogen (secondary N) is 1. The second-order valence-corrected chi connectivity index (χ2v) is 7.32. The second kappa shape index (κ2) is 7.13. The fourth-order valence-electron chi connectivity index (χ4n) is 2.99. The van der Waals surface area contributed by atoms with Crippen molar-refractivity contribution >= 4 is 23.3 Å². The van der Waals surface area contributed by atoms with E-state index < -0.39 is 29.6 Å². The molecule has 1 aliphatic heterocycles. The summed E-state index contributed by atoms with van der Waals surface area (Å²) in [5.41, 5.74) is -0.426. The van der Waals surface area contributed by atoms with Crippen LogP contribution >= 0.6 is 11.3 Å². The molecule has 0 spiro atoms. The Morgan fingerprint density at radius 2 is 1.97 bits per heavy atom. The van der Waals surface area contributed by atoms with Crippen LogP contribution in [0.2, 0.25) is 0 Å². The molecule has 1 saturated heterocycles. The van der Waals surface area contributed by atoms with E-state index in [9.17, 15) is 22.8 Å². The molecule has 1 unspecified atom stereocenters. The first-order valence-electron chi connectivity index (χ1n) is 8.51. The van der Waals surface area contributed by atoms with E-state index in [0.717, 1.165) is 22.6 Å². The molecule has 0 aliphatic carbocycles. The Morgan fingerprint density at radius 3 is 2.60 bits per heavy atom. The monoisotopic (exact) mass is 438 g/mol. The Kier molecular flexibility index (Phi) is 4.73. The quantitative estimate of drug-likeness (QED) is 0.611. The summed E-state index contributed by atoms with van der Waals surface area (Å²) >= 11 is 1.46. The van der Waals surface area contributed by atoms with E-state index in [1.807, 2.05) is 10.8 Å². The van der Waals surface area contributed by atoms with Gasteiger partial charge in [0.2, 0.25) is 11.7 Å². The van der Waals surface area contributed by atoms with Crippen molar-refractivity contribution in [2.24, 2.45) is 0 Å². The smallest absolute Gasteiger partial charge is 0.406 e. The van der Waals surface area contributed by atoms with Crippen LogP contribution in [0.5, 0.6) is 5.75 Å². The Labute approximate surface area is 171 Å². The molecule has 1 aromatic carbocycles. The van der Waals surface area contributed by atoms with Crippen LogP contribution < -0.4 is 10.1 Å². The highest BCUT2D eigenvalue weighted by molar-refractivity contribution is 7.08. The number of imide groups is 1. The lowest BCUT2D eigenvalue weighted by Crippen LogP contribution is -2.40. The molecular weight excluding hydrogens is 425 g/mol. The van der Waals surface area contributed by atoms with Gasteiger partial charge in [0, 0.05) is 10.9 Å². The van der Waals surface area contributed by atoms with E-state index in [2.05, 4.69) is 20.2 Å². The molecule has 0 radical (unpaired) electrons. The lowest BCUT2D eigenvalue weighted by molar-refractivity contribution is -0.274. The van der Waals surface area contributed by atoms with Crippen molar-refractivity contribution in [1.82, 2.24) is 20.4 Å².